The third kappa shape index (κ3) is 4.47. The Labute approximate surface area is 114 Å². The second-order valence-electron chi connectivity index (χ2n) is 4.12. The number of hydrogen-bond acceptors (Lipinski definition) is 2. The van der Waals surface area contributed by atoms with Crippen LogP contribution < -0.4 is 11.1 Å². The molecule has 1 amide bonds. The van der Waals surface area contributed by atoms with Crippen LogP contribution in [0, 0.1) is 0 Å². The first-order valence-electron chi connectivity index (χ1n) is 5.94. The number of nitrogens with one attached hydrogen (secondary N) is 1. The van der Waals surface area contributed by atoms with Crippen molar-refractivity contribution in [1.29, 1.82) is 0 Å². The molecule has 0 aliphatic carbocycles. The smallest absolute Gasteiger partial charge is 0.224 e. The molecule has 0 bridgehead atoms. The van der Waals surface area contributed by atoms with Crippen LogP contribution in [0.25, 0.3) is 0 Å². The molecule has 3 heteroatoms. The summed E-state index contributed by atoms with van der Waals surface area (Å²) >= 11 is 0. The molecule has 2 aromatic rings. The minimum atomic E-state index is -0.0169. The molecule has 0 fully saturated rings. The number of para-hydroxylation sites is 2. The van der Waals surface area contributed by atoms with Crippen molar-refractivity contribution in [1.82, 2.24) is 0 Å². The molecule has 2 rings (SSSR count). The van der Waals surface area contributed by atoms with Gasteiger partial charge in [0, 0.05) is 6.42 Å². The van der Waals surface area contributed by atoms with Crippen LogP contribution in [-0.4, -0.2) is 5.91 Å². The highest BCUT2D eigenvalue weighted by atomic mass is 16.1. The van der Waals surface area contributed by atoms with Crippen molar-refractivity contribution in [2.45, 2.75) is 20.3 Å². The van der Waals surface area contributed by atoms with Gasteiger partial charge in [0.25, 0.3) is 0 Å². The first-order valence-corrected chi connectivity index (χ1v) is 5.94. The van der Waals surface area contributed by atoms with Crippen molar-refractivity contribution in [3.8, 4) is 0 Å². The standard InChI is InChI=1S/C15H16N2O.CH4/c16-13-8-4-5-9-14(13)17-15(18)11-10-12-6-2-1-3-7-12;/h1-9H,10-11,16H2,(H,17,18);1H4. The number of nitrogens with two attached hydrogens (primary N) is 1. The van der Waals surface area contributed by atoms with E-state index in [4.69, 9.17) is 5.73 Å². The monoisotopic (exact) mass is 256 g/mol. The molecule has 3 nitrogen and oxygen atoms in total. The summed E-state index contributed by atoms with van der Waals surface area (Å²) in [5.74, 6) is -0.0169. The van der Waals surface area contributed by atoms with Crippen LogP contribution in [0.2, 0.25) is 0 Å². The number of carbonyl (C=O) groups is 1. The molecule has 0 saturated heterocycles. The molecule has 100 valence electrons. The fourth-order valence-corrected chi connectivity index (χ4v) is 1.73. The highest BCUT2D eigenvalue weighted by Crippen LogP contribution is 2.17. The molecule has 0 unspecified atom stereocenters. The largest absolute Gasteiger partial charge is 0.397 e. The second kappa shape index (κ2) is 7.21. The molecule has 0 heterocycles. The Morgan fingerprint density at radius 2 is 1.63 bits per heavy atom. The molecule has 0 saturated carbocycles. The van der Waals surface area contributed by atoms with Gasteiger partial charge in [0.05, 0.1) is 11.4 Å². The fraction of sp³-hybridized carbons (Fsp3) is 0.188. The Morgan fingerprint density at radius 1 is 1.00 bits per heavy atom. The lowest BCUT2D eigenvalue weighted by molar-refractivity contribution is -0.116. The highest BCUT2D eigenvalue weighted by Gasteiger charge is 2.04. The predicted octanol–water partition coefficient (Wildman–Crippen LogP) is 3.48. The number of carbonyl (C=O) groups excluding carboxylic acids is 1. The molecule has 2 aromatic carbocycles. The lowest BCUT2D eigenvalue weighted by atomic mass is 10.1. The van der Waals surface area contributed by atoms with E-state index in [9.17, 15) is 4.79 Å². The van der Waals surface area contributed by atoms with E-state index in [2.05, 4.69) is 5.32 Å². The van der Waals surface area contributed by atoms with Gasteiger partial charge in [-0.1, -0.05) is 49.9 Å². The molecule has 0 aliphatic rings. The lowest BCUT2D eigenvalue weighted by Crippen LogP contribution is -2.13. The summed E-state index contributed by atoms with van der Waals surface area (Å²) in [5, 5.41) is 2.82. The summed E-state index contributed by atoms with van der Waals surface area (Å²) in [5.41, 5.74) is 8.19. The predicted molar refractivity (Wildman–Crippen MR) is 81.0 cm³/mol. The van der Waals surface area contributed by atoms with E-state index in [1.807, 2.05) is 42.5 Å². The molecular weight excluding hydrogens is 236 g/mol. The summed E-state index contributed by atoms with van der Waals surface area (Å²) in [4.78, 5) is 11.8. The third-order valence-corrected chi connectivity index (χ3v) is 2.72. The van der Waals surface area contributed by atoms with Gasteiger partial charge in [-0.05, 0) is 24.1 Å². The van der Waals surface area contributed by atoms with Crippen LogP contribution in [0.5, 0.6) is 0 Å². The van der Waals surface area contributed by atoms with E-state index in [1.54, 1.807) is 12.1 Å². The topological polar surface area (TPSA) is 55.1 Å². The minimum absolute atomic E-state index is 0. The van der Waals surface area contributed by atoms with E-state index in [0.717, 1.165) is 12.0 Å². The van der Waals surface area contributed by atoms with Crippen LogP contribution in [0.4, 0.5) is 11.4 Å². The maximum Gasteiger partial charge on any atom is 0.224 e. The molecular formula is C16H20N2O. The summed E-state index contributed by atoms with van der Waals surface area (Å²) in [7, 11) is 0. The zero-order valence-corrected chi connectivity index (χ0v) is 10.1. The Morgan fingerprint density at radius 3 is 2.32 bits per heavy atom. The molecule has 0 atom stereocenters. The van der Waals surface area contributed by atoms with Crippen LogP contribution in [0.15, 0.2) is 54.6 Å². The van der Waals surface area contributed by atoms with E-state index >= 15 is 0 Å². The van der Waals surface area contributed by atoms with Crippen LogP contribution in [-0.2, 0) is 11.2 Å². The summed E-state index contributed by atoms with van der Waals surface area (Å²) in [6.07, 6.45) is 1.19. The van der Waals surface area contributed by atoms with Crippen molar-refractivity contribution in [2.75, 3.05) is 11.1 Å². The summed E-state index contributed by atoms with van der Waals surface area (Å²) in [6, 6.07) is 17.2. The number of nitrogen functional groups attached to an aromatic ring is 1. The van der Waals surface area contributed by atoms with Crippen molar-refractivity contribution in [2.24, 2.45) is 0 Å². The minimum Gasteiger partial charge on any atom is -0.397 e. The van der Waals surface area contributed by atoms with Crippen molar-refractivity contribution < 1.29 is 4.79 Å². The van der Waals surface area contributed by atoms with E-state index in [-0.39, 0.29) is 13.3 Å². The van der Waals surface area contributed by atoms with Crippen LogP contribution >= 0.6 is 0 Å². The van der Waals surface area contributed by atoms with Crippen LogP contribution in [0.3, 0.4) is 0 Å². The Kier molecular flexibility index (Phi) is 5.61. The van der Waals surface area contributed by atoms with Gasteiger partial charge in [0.15, 0.2) is 0 Å². The number of anilines is 2. The first kappa shape index (κ1) is 14.8. The van der Waals surface area contributed by atoms with E-state index in [1.165, 1.54) is 0 Å². The molecule has 0 spiro atoms. The van der Waals surface area contributed by atoms with Gasteiger partial charge in [0.2, 0.25) is 5.91 Å². The third-order valence-electron chi connectivity index (χ3n) is 2.72. The van der Waals surface area contributed by atoms with Gasteiger partial charge in [-0.3, -0.25) is 4.79 Å². The van der Waals surface area contributed by atoms with Crippen molar-refractivity contribution in [3.63, 3.8) is 0 Å². The zero-order valence-electron chi connectivity index (χ0n) is 10.1. The number of amides is 1. The SMILES string of the molecule is C.Nc1ccccc1NC(=O)CCc1ccccc1. The fourth-order valence-electron chi connectivity index (χ4n) is 1.73. The second-order valence-corrected chi connectivity index (χ2v) is 4.12. The average Bonchev–Trinajstić information content (AvgIpc) is 2.40. The molecule has 0 aromatic heterocycles. The van der Waals surface area contributed by atoms with Gasteiger partial charge in [-0.25, -0.2) is 0 Å². The zero-order chi connectivity index (χ0) is 12.8. The Balaban J connectivity index is 0.00000180. The van der Waals surface area contributed by atoms with Gasteiger partial charge in [-0.15, -0.1) is 0 Å². The quantitative estimate of drug-likeness (QED) is 0.823. The Hall–Kier alpha value is -2.29. The summed E-state index contributed by atoms with van der Waals surface area (Å²) in [6.45, 7) is 0. The van der Waals surface area contributed by atoms with Crippen LogP contribution in [0.1, 0.15) is 19.4 Å². The van der Waals surface area contributed by atoms with Gasteiger partial charge >= 0.3 is 0 Å². The number of aryl methyl sites for hydroxylation is 1. The molecule has 3 N–H and O–H groups in total. The number of benzene rings is 2. The first-order chi connectivity index (χ1) is 8.75. The van der Waals surface area contributed by atoms with Gasteiger partial charge < -0.3 is 11.1 Å². The van der Waals surface area contributed by atoms with Crippen molar-refractivity contribution in [3.05, 3.63) is 60.2 Å². The van der Waals surface area contributed by atoms with E-state index < -0.39 is 0 Å². The molecule has 0 radical (unpaired) electrons. The highest BCUT2D eigenvalue weighted by molar-refractivity contribution is 5.93. The maximum absolute atomic E-state index is 11.8. The maximum atomic E-state index is 11.8. The number of rotatable bonds is 4. The van der Waals surface area contributed by atoms with E-state index in [0.29, 0.717) is 17.8 Å². The van der Waals surface area contributed by atoms with Gasteiger partial charge in [-0.2, -0.15) is 0 Å². The number of hydrogen-bond donors (Lipinski definition) is 2. The molecule has 0 aliphatic heterocycles. The van der Waals surface area contributed by atoms with Crippen molar-refractivity contribution >= 4 is 17.3 Å². The summed E-state index contributed by atoms with van der Waals surface area (Å²) < 4.78 is 0. The Bertz CT molecular complexity index is 523. The normalized spacial score (nSPS) is 9.47. The molecule has 19 heavy (non-hydrogen) atoms. The van der Waals surface area contributed by atoms with Gasteiger partial charge in [0.1, 0.15) is 0 Å². The average molecular weight is 256 g/mol. The lowest BCUT2D eigenvalue weighted by Gasteiger charge is -2.07.